The standard InChI is InChI=1S/C17H26N2OS/c20-16(12-18-11-14-6-7-14)19-13-17(8-2-1-3-9-17)15-5-4-10-21-15/h4-5,10,14,18H,1-3,6-9,11-13H2,(H,19,20). The van der Waals surface area contributed by atoms with Gasteiger partial charge >= 0.3 is 0 Å². The molecule has 0 bridgehead atoms. The molecule has 2 aliphatic rings. The van der Waals surface area contributed by atoms with Crippen molar-refractivity contribution in [3.63, 3.8) is 0 Å². The van der Waals surface area contributed by atoms with E-state index in [1.807, 2.05) is 11.3 Å². The lowest BCUT2D eigenvalue weighted by Gasteiger charge is -2.36. The monoisotopic (exact) mass is 306 g/mol. The van der Waals surface area contributed by atoms with E-state index in [1.54, 1.807) is 0 Å². The molecule has 2 saturated carbocycles. The first-order valence-corrected chi connectivity index (χ1v) is 9.18. The second-order valence-corrected chi connectivity index (χ2v) is 7.62. The Bertz CT molecular complexity index is 447. The summed E-state index contributed by atoms with van der Waals surface area (Å²) >= 11 is 1.84. The summed E-state index contributed by atoms with van der Waals surface area (Å²) in [5, 5.41) is 8.61. The fourth-order valence-electron chi connectivity index (χ4n) is 3.36. The van der Waals surface area contributed by atoms with Crippen LogP contribution in [0.25, 0.3) is 0 Å². The maximum atomic E-state index is 12.0. The molecule has 1 aromatic heterocycles. The molecule has 0 spiro atoms. The molecule has 0 unspecified atom stereocenters. The van der Waals surface area contributed by atoms with Gasteiger partial charge in [-0.1, -0.05) is 25.3 Å². The molecule has 0 saturated heterocycles. The molecule has 2 aliphatic carbocycles. The van der Waals surface area contributed by atoms with Gasteiger partial charge in [-0.3, -0.25) is 4.79 Å². The van der Waals surface area contributed by atoms with Crippen molar-refractivity contribution in [2.45, 2.75) is 50.4 Å². The Labute approximate surface area is 131 Å². The molecule has 21 heavy (non-hydrogen) atoms. The molecule has 1 aromatic rings. The molecule has 0 aliphatic heterocycles. The maximum Gasteiger partial charge on any atom is 0.233 e. The molecular formula is C17H26N2OS. The normalized spacial score (nSPS) is 21.1. The third-order valence-electron chi connectivity index (χ3n) is 4.89. The van der Waals surface area contributed by atoms with Gasteiger partial charge in [0.2, 0.25) is 5.91 Å². The van der Waals surface area contributed by atoms with Crippen LogP contribution in [0.15, 0.2) is 17.5 Å². The molecule has 1 heterocycles. The number of hydrogen-bond acceptors (Lipinski definition) is 3. The number of carbonyl (C=O) groups is 1. The zero-order valence-corrected chi connectivity index (χ0v) is 13.5. The third kappa shape index (κ3) is 4.07. The lowest BCUT2D eigenvalue weighted by molar-refractivity contribution is -0.120. The van der Waals surface area contributed by atoms with E-state index in [0.29, 0.717) is 6.54 Å². The maximum absolute atomic E-state index is 12.0. The summed E-state index contributed by atoms with van der Waals surface area (Å²) in [6.07, 6.45) is 8.99. The minimum absolute atomic E-state index is 0.150. The van der Waals surface area contributed by atoms with E-state index in [9.17, 15) is 4.79 Å². The van der Waals surface area contributed by atoms with Crippen LogP contribution in [0.2, 0.25) is 0 Å². The van der Waals surface area contributed by atoms with Crippen LogP contribution >= 0.6 is 11.3 Å². The topological polar surface area (TPSA) is 41.1 Å². The summed E-state index contributed by atoms with van der Waals surface area (Å²) in [4.78, 5) is 13.5. The molecule has 116 valence electrons. The molecule has 2 N–H and O–H groups in total. The lowest BCUT2D eigenvalue weighted by atomic mass is 9.73. The van der Waals surface area contributed by atoms with Gasteiger partial charge in [-0.15, -0.1) is 11.3 Å². The predicted molar refractivity (Wildman–Crippen MR) is 87.7 cm³/mol. The fraction of sp³-hybridized carbons (Fsp3) is 0.706. The fourth-order valence-corrected chi connectivity index (χ4v) is 4.35. The first kappa shape index (κ1) is 15.0. The SMILES string of the molecule is O=C(CNCC1CC1)NCC1(c2cccs2)CCCCC1. The summed E-state index contributed by atoms with van der Waals surface area (Å²) in [5.74, 6) is 0.978. The van der Waals surface area contributed by atoms with Crippen LogP contribution in [0, 0.1) is 5.92 Å². The van der Waals surface area contributed by atoms with Crippen molar-refractivity contribution in [2.24, 2.45) is 5.92 Å². The highest BCUT2D eigenvalue weighted by atomic mass is 32.1. The zero-order chi connectivity index (χ0) is 14.5. The molecule has 0 aromatic carbocycles. The molecule has 4 heteroatoms. The highest BCUT2D eigenvalue weighted by Gasteiger charge is 2.35. The highest BCUT2D eigenvalue weighted by molar-refractivity contribution is 7.10. The summed E-state index contributed by atoms with van der Waals surface area (Å²) in [5.41, 5.74) is 0.193. The second kappa shape index (κ2) is 6.93. The lowest BCUT2D eigenvalue weighted by Crippen LogP contribution is -2.44. The molecule has 2 fully saturated rings. The van der Waals surface area contributed by atoms with E-state index >= 15 is 0 Å². The van der Waals surface area contributed by atoms with Crippen LogP contribution in [0.3, 0.4) is 0 Å². The second-order valence-electron chi connectivity index (χ2n) is 6.67. The average Bonchev–Trinajstić information content (AvgIpc) is 3.16. The van der Waals surface area contributed by atoms with Gasteiger partial charge in [0.1, 0.15) is 0 Å². The van der Waals surface area contributed by atoms with Gasteiger partial charge in [0, 0.05) is 16.8 Å². The van der Waals surface area contributed by atoms with Crippen molar-refractivity contribution in [1.29, 1.82) is 0 Å². The number of nitrogens with one attached hydrogen (secondary N) is 2. The number of amides is 1. The molecule has 0 radical (unpaired) electrons. The van der Waals surface area contributed by atoms with Crippen LogP contribution < -0.4 is 10.6 Å². The Morgan fingerprint density at radius 2 is 2.10 bits per heavy atom. The Kier molecular flexibility index (Phi) is 4.96. The summed E-state index contributed by atoms with van der Waals surface area (Å²) in [6, 6.07) is 4.38. The Morgan fingerprint density at radius 3 is 2.76 bits per heavy atom. The minimum atomic E-state index is 0.150. The number of carbonyl (C=O) groups excluding carboxylic acids is 1. The van der Waals surface area contributed by atoms with Crippen LogP contribution in [0.4, 0.5) is 0 Å². The largest absolute Gasteiger partial charge is 0.354 e. The molecule has 3 rings (SSSR count). The molecule has 0 atom stereocenters. The van der Waals surface area contributed by atoms with Gasteiger partial charge in [-0.05, 0) is 49.6 Å². The van der Waals surface area contributed by atoms with E-state index in [-0.39, 0.29) is 11.3 Å². The smallest absolute Gasteiger partial charge is 0.233 e. The van der Waals surface area contributed by atoms with Gasteiger partial charge in [0.05, 0.1) is 6.54 Å². The number of rotatable bonds is 7. The molecule has 1 amide bonds. The van der Waals surface area contributed by atoms with Crippen molar-refractivity contribution < 1.29 is 4.79 Å². The predicted octanol–water partition coefficient (Wildman–Crippen LogP) is 3.07. The molecular weight excluding hydrogens is 280 g/mol. The van der Waals surface area contributed by atoms with Crippen molar-refractivity contribution in [3.05, 3.63) is 22.4 Å². The number of hydrogen-bond donors (Lipinski definition) is 2. The van der Waals surface area contributed by atoms with Gasteiger partial charge in [0.25, 0.3) is 0 Å². The first-order chi connectivity index (χ1) is 10.3. The Balaban J connectivity index is 1.50. The van der Waals surface area contributed by atoms with Crippen molar-refractivity contribution >= 4 is 17.2 Å². The van der Waals surface area contributed by atoms with Crippen molar-refractivity contribution in [2.75, 3.05) is 19.6 Å². The van der Waals surface area contributed by atoms with Crippen LogP contribution in [0.5, 0.6) is 0 Å². The van der Waals surface area contributed by atoms with Crippen molar-refractivity contribution in [3.8, 4) is 0 Å². The van der Waals surface area contributed by atoms with Crippen LogP contribution in [-0.4, -0.2) is 25.5 Å². The van der Waals surface area contributed by atoms with Crippen molar-refractivity contribution in [1.82, 2.24) is 10.6 Å². The zero-order valence-electron chi connectivity index (χ0n) is 12.7. The van der Waals surface area contributed by atoms with E-state index in [4.69, 9.17) is 0 Å². The molecule has 3 nitrogen and oxygen atoms in total. The van der Waals surface area contributed by atoms with Crippen LogP contribution in [0.1, 0.15) is 49.8 Å². The third-order valence-corrected chi connectivity index (χ3v) is 6.01. The van der Waals surface area contributed by atoms with Gasteiger partial charge < -0.3 is 10.6 Å². The van der Waals surface area contributed by atoms with Gasteiger partial charge in [-0.25, -0.2) is 0 Å². The van der Waals surface area contributed by atoms with E-state index < -0.39 is 0 Å². The first-order valence-electron chi connectivity index (χ1n) is 8.30. The summed E-state index contributed by atoms with van der Waals surface area (Å²) < 4.78 is 0. The van der Waals surface area contributed by atoms with Gasteiger partial charge in [-0.2, -0.15) is 0 Å². The Morgan fingerprint density at radius 1 is 1.29 bits per heavy atom. The highest BCUT2D eigenvalue weighted by Crippen LogP contribution is 2.41. The van der Waals surface area contributed by atoms with Gasteiger partial charge in [0.15, 0.2) is 0 Å². The summed E-state index contributed by atoms with van der Waals surface area (Å²) in [7, 11) is 0. The van der Waals surface area contributed by atoms with E-state index in [2.05, 4.69) is 28.1 Å². The quantitative estimate of drug-likeness (QED) is 0.813. The number of thiophene rings is 1. The minimum Gasteiger partial charge on any atom is -0.354 e. The van der Waals surface area contributed by atoms with E-state index in [0.717, 1.165) is 19.0 Å². The van der Waals surface area contributed by atoms with E-state index in [1.165, 1.54) is 49.8 Å². The summed E-state index contributed by atoms with van der Waals surface area (Å²) in [6.45, 7) is 2.28. The Hall–Kier alpha value is -0.870. The average molecular weight is 306 g/mol. The van der Waals surface area contributed by atoms with Crippen LogP contribution in [-0.2, 0) is 10.2 Å².